The summed E-state index contributed by atoms with van der Waals surface area (Å²) in [7, 11) is 0. The van der Waals surface area contributed by atoms with E-state index in [0.717, 1.165) is 31.6 Å². The third-order valence-corrected chi connectivity index (χ3v) is 3.31. The van der Waals surface area contributed by atoms with E-state index in [1.807, 2.05) is 6.92 Å². The van der Waals surface area contributed by atoms with Crippen LogP contribution < -0.4 is 5.32 Å². The van der Waals surface area contributed by atoms with Crippen LogP contribution in [0.2, 0.25) is 0 Å². The Kier molecular flexibility index (Phi) is 3.74. The Morgan fingerprint density at radius 3 is 3.06 bits per heavy atom. The number of hydrogen-bond acceptors (Lipinski definition) is 3. The normalized spacial score (nSPS) is 26.1. The summed E-state index contributed by atoms with van der Waals surface area (Å²) in [5.41, 5.74) is 0.793. The van der Waals surface area contributed by atoms with Crippen molar-refractivity contribution in [1.82, 2.24) is 10.3 Å². The van der Waals surface area contributed by atoms with Crippen molar-refractivity contribution in [2.24, 2.45) is 0 Å². The van der Waals surface area contributed by atoms with Crippen molar-refractivity contribution >= 4 is 0 Å². The summed E-state index contributed by atoms with van der Waals surface area (Å²) >= 11 is 0. The number of hydrogen-bond donors (Lipinski definition) is 1. The van der Waals surface area contributed by atoms with Crippen LogP contribution in [-0.2, 0) is 4.74 Å². The van der Waals surface area contributed by atoms with E-state index in [1.54, 1.807) is 6.20 Å². The zero-order chi connectivity index (χ0) is 12.3. The van der Waals surface area contributed by atoms with Crippen LogP contribution in [0, 0.1) is 5.82 Å². The van der Waals surface area contributed by atoms with Crippen LogP contribution in [0.1, 0.15) is 38.3 Å². The molecule has 0 aliphatic carbocycles. The summed E-state index contributed by atoms with van der Waals surface area (Å²) in [5, 5.41) is 3.38. The van der Waals surface area contributed by atoms with Gasteiger partial charge < -0.3 is 10.1 Å². The Labute approximate surface area is 101 Å². The molecule has 3 nitrogen and oxygen atoms in total. The molecule has 0 spiro atoms. The summed E-state index contributed by atoms with van der Waals surface area (Å²) in [6.07, 6.45) is 5.11. The summed E-state index contributed by atoms with van der Waals surface area (Å²) in [5.74, 6) is -0.292. The van der Waals surface area contributed by atoms with Gasteiger partial charge in [-0.1, -0.05) is 0 Å². The molecule has 1 aromatic heterocycles. The molecule has 2 atom stereocenters. The molecule has 17 heavy (non-hydrogen) atoms. The quantitative estimate of drug-likeness (QED) is 0.874. The lowest BCUT2D eigenvalue weighted by molar-refractivity contribution is 0.0191. The van der Waals surface area contributed by atoms with Crippen molar-refractivity contribution in [2.45, 2.75) is 38.3 Å². The van der Waals surface area contributed by atoms with E-state index < -0.39 is 0 Å². The van der Waals surface area contributed by atoms with Crippen LogP contribution in [0.3, 0.4) is 0 Å². The molecule has 0 bridgehead atoms. The number of halogens is 1. The van der Waals surface area contributed by atoms with Gasteiger partial charge >= 0.3 is 0 Å². The van der Waals surface area contributed by atoms with Crippen LogP contribution >= 0.6 is 0 Å². The first-order valence-electron chi connectivity index (χ1n) is 6.07. The number of rotatable bonds is 4. The summed E-state index contributed by atoms with van der Waals surface area (Å²) in [6, 6.07) is 1.60. The SMILES string of the molecule is CC(NCC1(C)CCCO1)c1cncc(F)c1. The van der Waals surface area contributed by atoms with Gasteiger partial charge in [0.25, 0.3) is 0 Å². The molecule has 2 heterocycles. The second kappa shape index (κ2) is 5.10. The number of ether oxygens (including phenoxy) is 1. The molecule has 1 aliphatic heterocycles. The Hall–Kier alpha value is -1.00. The number of pyridine rings is 1. The molecule has 0 aromatic carbocycles. The highest BCUT2D eigenvalue weighted by Gasteiger charge is 2.29. The summed E-state index contributed by atoms with van der Waals surface area (Å²) in [6.45, 7) is 5.75. The van der Waals surface area contributed by atoms with E-state index in [9.17, 15) is 4.39 Å². The number of nitrogens with zero attached hydrogens (tertiary/aromatic N) is 1. The second-order valence-electron chi connectivity index (χ2n) is 4.94. The molecule has 0 amide bonds. The predicted molar refractivity (Wildman–Crippen MR) is 64.2 cm³/mol. The minimum Gasteiger partial charge on any atom is -0.374 e. The average Bonchev–Trinajstić information content (AvgIpc) is 2.74. The first kappa shape index (κ1) is 12.5. The maximum Gasteiger partial charge on any atom is 0.141 e. The van der Waals surface area contributed by atoms with Gasteiger partial charge in [0.1, 0.15) is 5.82 Å². The molecule has 1 aliphatic rings. The van der Waals surface area contributed by atoms with Gasteiger partial charge in [0.05, 0.1) is 11.8 Å². The van der Waals surface area contributed by atoms with Gasteiger partial charge in [0.15, 0.2) is 0 Å². The minimum absolute atomic E-state index is 0.0744. The highest BCUT2D eigenvalue weighted by molar-refractivity contribution is 5.14. The maximum atomic E-state index is 13.0. The second-order valence-corrected chi connectivity index (χ2v) is 4.94. The molecule has 94 valence electrons. The topological polar surface area (TPSA) is 34.1 Å². The van der Waals surface area contributed by atoms with Crippen LogP contribution in [0.4, 0.5) is 4.39 Å². The van der Waals surface area contributed by atoms with Crippen molar-refractivity contribution in [2.75, 3.05) is 13.2 Å². The van der Waals surface area contributed by atoms with Gasteiger partial charge in [-0.05, 0) is 38.3 Å². The molecular formula is C13H19FN2O. The zero-order valence-corrected chi connectivity index (χ0v) is 10.4. The first-order chi connectivity index (χ1) is 8.09. The van der Waals surface area contributed by atoms with Crippen molar-refractivity contribution in [3.05, 3.63) is 29.8 Å². The lowest BCUT2D eigenvalue weighted by Crippen LogP contribution is -2.38. The third kappa shape index (κ3) is 3.23. The number of nitrogens with one attached hydrogen (secondary N) is 1. The lowest BCUT2D eigenvalue weighted by Gasteiger charge is -2.26. The number of aromatic nitrogens is 1. The Morgan fingerprint density at radius 2 is 2.41 bits per heavy atom. The van der Waals surface area contributed by atoms with E-state index >= 15 is 0 Å². The molecule has 0 saturated carbocycles. The molecule has 0 radical (unpaired) electrons. The molecule has 1 N–H and O–H groups in total. The highest BCUT2D eigenvalue weighted by Crippen LogP contribution is 2.25. The van der Waals surface area contributed by atoms with Gasteiger partial charge in [0.2, 0.25) is 0 Å². The van der Waals surface area contributed by atoms with Gasteiger partial charge in [-0.2, -0.15) is 0 Å². The van der Waals surface area contributed by atoms with Gasteiger partial charge in [-0.25, -0.2) is 4.39 Å². The average molecular weight is 238 g/mol. The monoisotopic (exact) mass is 238 g/mol. The Morgan fingerprint density at radius 1 is 1.59 bits per heavy atom. The van der Waals surface area contributed by atoms with E-state index in [4.69, 9.17) is 4.74 Å². The van der Waals surface area contributed by atoms with Crippen LogP contribution in [-0.4, -0.2) is 23.7 Å². The van der Waals surface area contributed by atoms with Gasteiger partial charge in [-0.3, -0.25) is 4.98 Å². The smallest absolute Gasteiger partial charge is 0.141 e. The highest BCUT2D eigenvalue weighted by atomic mass is 19.1. The molecule has 2 unspecified atom stereocenters. The largest absolute Gasteiger partial charge is 0.374 e. The lowest BCUT2D eigenvalue weighted by atomic mass is 10.0. The van der Waals surface area contributed by atoms with E-state index in [1.165, 1.54) is 12.3 Å². The maximum absolute atomic E-state index is 13.0. The van der Waals surface area contributed by atoms with Crippen LogP contribution in [0.5, 0.6) is 0 Å². The molecule has 2 rings (SSSR count). The van der Waals surface area contributed by atoms with Crippen molar-refractivity contribution in [1.29, 1.82) is 0 Å². The van der Waals surface area contributed by atoms with Crippen molar-refractivity contribution in [3.63, 3.8) is 0 Å². The fraction of sp³-hybridized carbons (Fsp3) is 0.615. The standard InChI is InChI=1S/C13H19FN2O/c1-10(11-6-12(14)8-15-7-11)16-9-13(2)4-3-5-17-13/h6-8,10,16H,3-5,9H2,1-2H3. The van der Waals surface area contributed by atoms with E-state index in [0.29, 0.717) is 0 Å². The van der Waals surface area contributed by atoms with Crippen LogP contribution in [0.25, 0.3) is 0 Å². The fourth-order valence-electron chi connectivity index (χ4n) is 2.13. The summed E-state index contributed by atoms with van der Waals surface area (Å²) < 4.78 is 18.7. The fourth-order valence-corrected chi connectivity index (χ4v) is 2.13. The van der Waals surface area contributed by atoms with Crippen LogP contribution in [0.15, 0.2) is 18.5 Å². The van der Waals surface area contributed by atoms with Gasteiger partial charge in [0, 0.05) is 25.4 Å². The Bertz CT molecular complexity index is 377. The molecular weight excluding hydrogens is 219 g/mol. The Balaban J connectivity index is 1.91. The van der Waals surface area contributed by atoms with Gasteiger partial charge in [-0.15, -0.1) is 0 Å². The van der Waals surface area contributed by atoms with E-state index in [2.05, 4.69) is 17.2 Å². The van der Waals surface area contributed by atoms with Crippen molar-refractivity contribution < 1.29 is 9.13 Å². The molecule has 1 aromatic rings. The van der Waals surface area contributed by atoms with E-state index in [-0.39, 0.29) is 17.5 Å². The van der Waals surface area contributed by atoms with Crippen molar-refractivity contribution in [3.8, 4) is 0 Å². The molecule has 1 saturated heterocycles. The minimum atomic E-state index is -0.292. The molecule has 4 heteroatoms. The zero-order valence-electron chi connectivity index (χ0n) is 10.4. The molecule has 1 fully saturated rings. The third-order valence-electron chi connectivity index (χ3n) is 3.31. The predicted octanol–water partition coefficient (Wildman–Crippen LogP) is 2.44. The first-order valence-corrected chi connectivity index (χ1v) is 6.07. The summed E-state index contributed by atoms with van der Waals surface area (Å²) in [4.78, 5) is 3.86.